The van der Waals surface area contributed by atoms with E-state index in [0.717, 1.165) is 13.0 Å². The van der Waals surface area contributed by atoms with Crippen LogP contribution in [0.1, 0.15) is 73.6 Å². The van der Waals surface area contributed by atoms with Crippen LogP contribution in [0.4, 0.5) is 13.2 Å². The van der Waals surface area contributed by atoms with Crippen LogP contribution >= 0.6 is 0 Å². The highest BCUT2D eigenvalue weighted by Crippen LogP contribution is 2.51. The van der Waals surface area contributed by atoms with Crippen LogP contribution in [0.5, 0.6) is 0 Å². The molecular weight excluding hydrogens is 317 g/mol. The van der Waals surface area contributed by atoms with E-state index in [4.69, 9.17) is 4.74 Å². The topological polar surface area (TPSA) is 26.3 Å². The number of alkyl halides is 3. The van der Waals surface area contributed by atoms with Crippen molar-refractivity contribution in [1.29, 1.82) is 0 Å². The SMILES string of the molecule is C=CC(=O)OC(CC)(CC)CC(CC)(CC)C(C)C(F)(F)C(C)F. The monoisotopic (exact) mass is 350 g/mol. The molecule has 0 aromatic rings. The first-order valence-electron chi connectivity index (χ1n) is 8.88. The summed E-state index contributed by atoms with van der Waals surface area (Å²) in [5.74, 6) is -5.15. The summed E-state index contributed by atoms with van der Waals surface area (Å²) in [4.78, 5) is 11.7. The van der Waals surface area contributed by atoms with Gasteiger partial charge in [0.2, 0.25) is 0 Å². The normalized spacial score (nSPS) is 15.7. The van der Waals surface area contributed by atoms with E-state index in [0.29, 0.717) is 25.7 Å². The Morgan fingerprint density at radius 1 is 1.08 bits per heavy atom. The van der Waals surface area contributed by atoms with Crippen molar-refractivity contribution in [2.75, 3.05) is 0 Å². The molecule has 24 heavy (non-hydrogen) atoms. The van der Waals surface area contributed by atoms with Gasteiger partial charge in [-0.1, -0.05) is 41.2 Å². The van der Waals surface area contributed by atoms with Gasteiger partial charge in [0.1, 0.15) is 5.60 Å². The van der Waals surface area contributed by atoms with E-state index < -0.39 is 35.0 Å². The zero-order chi connectivity index (χ0) is 19.2. The van der Waals surface area contributed by atoms with Crippen LogP contribution in [-0.2, 0) is 9.53 Å². The van der Waals surface area contributed by atoms with Gasteiger partial charge in [-0.25, -0.2) is 18.0 Å². The molecule has 2 unspecified atom stereocenters. The number of carbonyl (C=O) groups excluding carboxylic acids is 1. The van der Waals surface area contributed by atoms with Crippen LogP contribution < -0.4 is 0 Å². The largest absolute Gasteiger partial charge is 0.456 e. The average molecular weight is 350 g/mol. The van der Waals surface area contributed by atoms with Gasteiger partial charge in [-0.3, -0.25) is 0 Å². The van der Waals surface area contributed by atoms with Crippen molar-refractivity contribution in [2.24, 2.45) is 11.3 Å². The first kappa shape index (κ1) is 23.0. The molecule has 0 rings (SSSR count). The third-order valence-electron chi connectivity index (χ3n) is 5.88. The van der Waals surface area contributed by atoms with Crippen LogP contribution in [0.2, 0.25) is 0 Å². The van der Waals surface area contributed by atoms with E-state index in [1.807, 2.05) is 27.7 Å². The van der Waals surface area contributed by atoms with Gasteiger partial charge in [0, 0.05) is 12.0 Å². The van der Waals surface area contributed by atoms with Crippen molar-refractivity contribution < 1.29 is 22.7 Å². The maximum atomic E-state index is 14.4. The van der Waals surface area contributed by atoms with Crippen LogP contribution in [0.25, 0.3) is 0 Å². The number of carbonyl (C=O) groups is 1. The van der Waals surface area contributed by atoms with Crippen molar-refractivity contribution in [3.05, 3.63) is 12.7 Å². The highest BCUT2D eigenvalue weighted by atomic mass is 19.3. The number of ether oxygens (including phenoxy) is 1. The lowest BCUT2D eigenvalue weighted by molar-refractivity contribution is -0.177. The van der Waals surface area contributed by atoms with Gasteiger partial charge in [-0.05, 0) is 44.4 Å². The highest BCUT2D eigenvalue weighted by molar-refractivity contribution is 5.81. The summed E-state index contributed by atoms with van der Waals surface area (Å²) in [6.07, 6.45) is 1.08. The molecule has 0 N–H and O–H groups in total. The summed E-state index contributed by atoms with van der Waals surface area (Å²) >= 11 is 0. The fourth-order valence-electron chi connectivity index (χ4n) is 3.60. The Hall–Kier alpha value is -1.00. The molecule has 0 aliphatic carbocycles. The van der Waals surface area contributed by atoms with Gasteiger partial charge in [-0.2, -0.15) is 0 Å². The molecule has 0 aromatic carbocycles. The van der Waals surface area contributed by atoms with E-state index in [2.05, 4.69) is 6.58 Å². The molecule has 2 nitrogen and oxygen atoms in total. The fourth-order valence-corrected chi connectivity index (χ4v) is 3.60. The van der Waals surface area contributed by atoms with Crippen molar-refractivity contribution in [2.45, 2.75) is 91.3 Å². The minimum atomic E-state index is -3.43. The quantitative estimate of drug-likeness (QED) is 0.332. The third kappa shape index (κ3) is 4.76. The van der Waals surface area contributed by atoms with E-state index in [1.165, 1.54) is 6.92 Å². The number of halogens is 3. The third-order valence-corrected chi connectivity index (χ3v) is 5.88. The minimum absolute atomic E-state index is 0.281. The Morgan fingerprint density at radius 3 is 1.83 bits per heavy atom. The molecule has 0 fully saturated rings. The second kappa shape index (κ2) is 8.91. The van der Waals surface area contributed by atoms with Crippen molar-refractivity contribution in [3.63, 3.8) is 0 Å². The number of hydrogen-bond acceptors (Lipinski definition) is 2. The summed E-state index contributed by atoms with van der Waals surface area (Å²) in [6.45, 7) is 13.1. The van der Waals surface area contributed by atoms with Crippen LogP contribution in [-0.4, -0.2) is 23.7 Å². The smallest absolute Gasteiger partial charge is 0.330 e. The average Bonchev–Trinajstić information content (AvgIpc) is 2.57. The van der Waals surface area contributed by atoms with Gasteiger partial charge in [0.05, 0.1) is 0 Å². The predicted molar refractivity (Wildman–Crippen MR) is 91.9 cm³/mol. The van der Waals surface area contributed by atoms with Crippen LogP contribution in [0.15, 0.2) is 12.7 Å². The lowest BCUT2D eigenvalue weighted by atomic mass is 9.62. The standard InChI is InChI=1S/C19H33F3O2/c1-8-16(23)24-18(11-4,12-5)13-17(9-2,10-3)14(6)19(21,22)15(7)20/h8,14-15H,1,9-13H2,2-7H3. The van der Waals surface area contributed by atoms with E-state index in [1.54, 1.807) is 0 Å². The van der Waals surface area contributed by atoms with Crippen molar-refractivity contribution >= 4 is 5.97 Å². The van der Waals surface area contributed by atoms with Crippen LogP contribution in [0.3, 0.4) is 0 Å². The second-order valence-corrected chi connectivity index (χ2v) is 6.77. The van der Waals surface area contributed by atoms with E-state index in [-0.39, 0.29) is 6.42 Å². The molecule has 0 aliphatic rings. The molecule has 0 aromatic heterocycles. The van der Waals surface area contributed by atoms with Gasteiger partial charge >= 0.3 is 5.97 Å². The maximum Gasteiger partial charge on any atom is 0.330 e. The number of esters is 1. The summed E-state index contributed by atoms with van der Waals surface area (Å²) in [5, 5.41) is 0. The minimum Gasteiger partial charge on any atom is -0.456 e. The molecule has 5 heteroatoms. The van der Waals surface area contributed by atoms with Gasteiger partial charge in [0.25, 0.3) is 5.92 Å². The molecule has 0 aliphatic heterocycles. The lowest BCUT2D eigenvalue weighted by Crippen LogP contribution is -2.49. The molecule has 142 valence electrons. The molecule has 0 amide bonds. The zero-order valence-corrected chi connectivity index (χ0v) is 15.9. The Labute approximate surface area is 144 Å². The Balaban J connectivity index is 5.86. The van der Waals surface area contributed by atoms with Crippen molar-refractivity contribution in [3.8, 4) is 0 Å². The Morgan fingerprint density at radius 2 is 1.54 bits per heavy atom. The predicted octanol–water partition coefficient (Wildman–Crippen LogP) is 6.10. The summed E-state index contributed by atoms with van der Waals surface area (Å²) in [7, 11) is 0. The first-order chi connectivity index (χ1) is 11.0. The molecule has 0 bridgehead atoms. The fraction of sp³-hybridized carbons (Fsp3) is 0.842. The summed E-state index contributed by atoms with van der Waals surface area (Å²) < 4.78 is 48.0. The molecule has 0 radical (unpaired) electrons. The van der Waals surface area contributed by atoms with E-state index in [9.17, 15) is 18.0 Å². The molecule has 0 saturated heterocycles. The molecular formula is C19H33F3O2. The molecule has 0 spiro atoms. The molecule has 0 heterocycles. The van der Waals surface area contributed by atoms with E-state index >= 15 is 0 Å². The first-order valence-corrected chi connectivity index (χ1v) is 8.88. The van der Waals surface area contributed by atoms with Gasteiger partial charge in [-0.15, -0.1) is 0 Å². The number of hydrogen-bond donors (Lipinski definition) is 0. The molecule has 2 atom stereocenters. The summed E-state index contributed by atoms with van der Waals surface area (Å²) in [5.41, 5.74) is -1.67. The van der Waals surface area contributed by atoms with Crippen molar-refractivity contribution in [1.82, 2.24) is 0 Å². The molecule has 0 saturated carbocycles. The Bertz CT molecular complexity index is 411. The van der Waals surface area contributed by atoms with Gasteiger partial charge in [0.15, 0.2) is 6.17 Å². The maximum absolute atomic E-state index is 14.4. The van der Waals surface area contributed by atoms with Gasteiger partial charge < -0.3 is 4.74 Å². The Kier molecular flexibility index (Phi) is 8.54. The second-order valence-electron chi connectivity index (χ2n) is 6.77. The summed E-state index contributed by atoms with van der Waals surface area (Å²) in [6, 6.07) is 0. The lowest BCUT2D eigenvalue weighted by Gasteiger charge is -2.47. The zero-order valence-electron chi connectivity index (χ0n) is 15.9. The van der Waals surface area contributed by atoms with Crippen LogP contribution in [0, 0.1) is 11.3 Å². The highest BCUT2D eigenvalue weighted by Gasteiger charge is 2.54. The number of rotatable bonds is 11.